The molecule has 30 heavy (non-hydrogen) atoms. The Balaban J connectivity index is 1.57. The fourth-order valence-electron chi connectivity index (χ4n) is 3.09. The Morgan fingerprint density at radius 3 is 2.43 bits per heavy atom. The fourth-order valence-corrected chi connectivity index (χ4v) is 3.09. The third-order valence-corrected chi connectivity index (χ3v) is 4.79. The molecule has 0 unspecified atom stereocenters. The zero-order valence-corrected chi connectivity index (χ0v) is 16.8. The van der Waals surface area contributed by atoms with Crippen molar-refractivity contribution in [3.8, 4) is 0 Å². The fraction of sp³-hybridized carbons (Fsp3) is 0.333. The molecule has 0 bridgehead atoms. The second kappa shape index (κ2) is 9.36. The predicted molar refractivity (Wildman–Crippen MR) is 111 cm³/mol. The lowest BCUT2D eigenvalue weighted by Gasteiger charge is -2.28. The highest BCUT2D eigenvalue weighted by atomic mass is 16.6. The average molecular weight is 413 g/mol. The van der Waals surface area contributed by atoms with Gasteiger partial charge in [-0.1, -0.05) is 0 Å². The van der Waals surface area contributed by atoms with E-state index in [1.165, 1.54) is 32.0 Å². The van der Waals surface area contributed by atoms with E-state index in [1.54, 1.807) is 12.1 Å². The van der Waals surface area contributed by atoms with Gasteiger partial charge in [-0.15, -0.1) is 0 Å². The number of morpholine rings is 1. The van der Waals surface area contributed by atoms with Crippen molar-refractivity contribution in [2.45, 2.75) is 20.0 Å². The second-order valence-corrected chi connectivity index (χ2v) is 6.94. The molecular weight excluding hydrogens is 390 g/mol. The van der Waals surface area contributed by atoms with Crippen molar-refractivity contribution >= 4 is 28.9 Å². The van der Waals surface area contributed by atoms with Crippen LogP contribution in [-0.4, -0.2) is 49.2 Å². The molecule has 1 amide bonds. The molecule has 0 saturated carbocycles. The maximum absolute atomic E-state index is 12.4. The SMILES string of the molecule is Cc1cc(C(=O)O[C@@H](C)C(=O)Nc2ccc(N3CCOCC3)cc2)ccc1[N+](=O)[O-]. The van der Waals surface area contributed by atoms with Crippen molar-refractivity contribution in [3.05, 3.63) is 63.7 Å². The van der Waals surface area contributed by atoms with Gasteiger partial charge < -0.3 is 19.7 Å². The van der Waals surface area contributed by atoms with Gasteiger partial charge in [0, 0.05) is 36.1 Å². The Morgan fingerprint density at radius 1 is 1.17 bits per heavy atom. The molecule has 158 valence electrons. The van der Waals surface area contributed by atoms with Gasteiger partial charge >= 0.3 is 5.97 Å². The molecule has 3 rings (SSSR count). The molecule has 0 aliphatic carbocycles. The number of nitrogens with one attached hydrogen (secondary N) is 1. The summed E-state index contributed by atoms with van der Waals surface area (Å²) in [6.45, 7) is 6.02. The topological polar surface area (TPSA) is 111 Å². The van der Waals surface area contributed by atoms with E-state index in [0.717, 1.165) is 18.8 Å². The largest absolute Gasteiger partial charge is 0.449 e. The summed E-state index contributed by atoms with van der Waals surface area (Å²) in [4.78, 5) is 37.2. The molecule has 9 heteroatoms. The summed E-state index contributed by atoms with van der Waals surface area (Å²) in [5, 5.41) is 13.6. The van der Waals surface area contributed by atoms with Crippen LogP contribution < -0.4 is 10.2 Å². The molecule has 2 aromatic carbocycles. The average Bonchev–Trinajstić information content (AvgIpc) is 2.74. The van der Waals surface area contributed by atoms with Crippen molar-refractivity contribution in [3.63, 3.8) is 0 Å². The third kappa shape index (κ3) is 5.12. The van der Waals surface area contributed by atoms with Crippen LogP contribution in [0.2, 0.25) is 0 Å². The number of carbonyl (C=O) groups excluding carboxylic acids is 2. The van der Waals surface area contributed by atoms with E-state index < -0.39 is 22.9 Å². The maximum Gasteiger partial charge on any atom is 0.338 e. The van der Waals surface area contributed by atoms with Gasteiger partial charge in [-0.2, -0.15) is 0 Å². The number of ether oxygens (including phenoxy) is 2. The lowest BCUT2D eigenvalue weighted by atomic mass is 10.1. The Morgan fingerprint density at radius 2 is 1.83 bits per heavy atom. The van der Waals surface area contributed by atoms with Crippen LogP contribution in [0.4, 0.5) is 17.1 Å². The van der Waals surface area contributed by atoms with E-state index in [4.69, 9.17) is 9.47 Å². The smallest absolute Gasteiger partial charge is 0.338 e. The van der Waals surface area contributed by atoms with Gasteiger partial charge in [0.25, 0.3) is 11.6 Å². The first kappa shape index (κ1) is 21.3. The first-order valence-electron chi connectivity index (χ1n) is 9.55. The van der Waals surface area contributed by atoms with Gasteiger partial charge in [0.05, 0.1) is 23.7 Å². The van der Waals surface area contributed by atoms with Gasteiger partial charge in [-0.3, -0.25) is 14.9 Å². The summed E-state index contributed by atoms with van der Waals surface area (Å²) >= 11 is 0. The van der Waals surface area contributed by atoms with E-state index in [1.807, 2.05) is 12.1 Å². The molecule has 1 fully saturated rings. The minimum absolute atomic E-state index is 0.0853. The summed E-state index contributed by atoms with van der Waals surface area (Å²) in [5.41, 5.74) is 2.03. The summed E-state index contributed by atoms with van der Waals surface area (Å²) in [6, 6.07) is 11.3. The minimum atomic E-state index is -1.04. The Labute approximate surface area is 173 Å². The molecule has 1 saturated heterocycles. The van der Waals surface area contributed by atoms with Crippen LogP contribution in [0.3, 0.4) is 0 Å². The number of benzene rings is 2. The number of nitrogens with zero attached hydrogens (tertiary/aromatic N) is 2. The number of rotatable bonds is 6. The van der Waals surface area contributed by atoms with Crippen LogP contribution in [0.5, 0.6) is 0 Å². The Kier molecular flexibility index (Phi) is 6.63. The number of amides is 1. The van der Waals surface area contributed by atoms with Crippen molar-refractivity contribution in [1.82, 2.24) is 0 Å². The predicted octanol–water partition coefficient (Wildman–Crippen LogP) is 2.92. The number of esters is 1. The molecule has 9 nitrogen and oxygen atoms in total. The molecule has 1 heterocycles. The van der Waals surface area contributed by atoms with Gasteiger partial charge in [0.1, 0.15) is 0 Å². The number of hydrogen-bond acceptors (Lipinski definition) is 7. The zero-order chi connectivity index (χ0) is 21.7. The quantitative estimate of drug-likeness (QED) is 0.440. The molecule has 0 spiro atoms. The van der Waals surface area contributed by atoms with Gasteiger partial charge in [-0.05, 0) is 50.2 Å². The van der Waals surface area contributed by atoms with E-state index in [2.05, 4.69) is 10.2 Å². The lowest BCUT2D eigenvalue weighted by Crippen LogP contribution is -2.36. The van der Waals surface area contributed by atoms with Crippen LogP contribution in [0.15, 0.2) is 42.5 Å². The van der Waals surface area contributed by atoms with Crippen LogP contribution >= 0.6 is 0 Å². The van der Waals surface area contributed by atoms with Gasteiger partial charge in [0.15, 0.2) is 6.10 Å². The zero-order valence-electron chi connectivity index (χ0n) is 16.8. The Bertz CT molecular complexity index is 938. The molecule has 1 aliphatic heterocycles. The van der Waals surface area contributed by atoms with E-state index in [-0.39, 0.29) is 11.3 Å². The number of carbonyl (C=O) groups is 2. The van der Waals surface area contributed by atoms with Gasteiger partial charge in [-0.25, -0.2) is 4.79 Å². The third-order valence-electron chi connectivity index (χ3n) is 4.79. The molecule has 2 aromatic rings. The molecule has 1 aliphatic rings. The van der Waals surface area contributed by atoms with E-state index in [0.29, 0.717) is 24.5 Å². The normalized spacial score (nSPS) is 14.7. The van der Waals surface area contributed by atoms with E-state index in [9.17, 15) is 19.7 Å². The summed E-state index contributed by atoms with van der Waals surface area (Å²) in [5.74, 6) is -1.19. The summed E-state index contributed by atoms with van der Waals surface area (Å²) < 4.78 is 10.5. The van der Waals surface area contributed by atoms with Crippen molar-refractivity contribution < 1.29 is 24.0 Å². The summed E-state index contributed by atoms with van der Waals surface area (Å²) in [7, 11) is 0. The first-order valence-corrected chi connectivity index (χ1v) is 9.55. The monoisotopic (exact) mass is 413 g/mol. The van der Waals surface area contributed by atoms with Crippen LogP contribution in [-0.2, 0) is 14.3 Å². The lowest BCUT2D eigenvalue weighted by molar-refractivity contribution is -0.385. The van der Waals surface area contributed by atoms with Crippen molar-refractivity contribution in [1.29, 1.82) is 0 Å². The van der Waals surface area contributed by atoms with Crippen molar-refractivity contribution in [2.75, 3.05) is 36.5 Å². The maximum atomic E-state index is 12.4. The number of hydrogen-bond donors (Lipinski definition) is 1. The Hall–Kier alpha value is -3.46. The van der Waals surface area contributed by atoms with Gasteiger partial charge in [0.2, 0.25) is 0 Å². The van der Waals surface area contributed by atoms with Crippen LogP contribution in [0.1, 0.15) is 22.8 Å². The highest BCUT2D eigenvalue weighted by Gasteiger charge is 2.21. The molecule has 0 radical (unpaired) electrons. The first-order chi connectivity index (χ1) is 14.3. The standard InChI is InChI=1S/C21H23N3O6/c1-14-13-16(3-8-19(14)24(27)28)21(26)30-15(2)20(25)22-17-4-6-18(7-5-17)23-9-11-29-12-10-23/h3-8,13,15H,9-12H2,1-2H3,(H,22,25)/t15-/m0/s1. The molecular formula is C21H23N3O6. The minimum Gasteiger partial charge on any atom is -0.449 e. The number of anilines is 2. The van der Waals surface area contributed by atoms with Crippen molar-refractivity contribution in [2.24, 2.45) is 0 Å². The van der Waals surface area contributed by atoms with Crippen LogP contribution in [0, 0.1) is 17.0 Å². The number of nitro benzene ring substituents is 1. The number of nitro groups is 1. The highest BCUT2D eigenvalue weighted by molar-refractivity contribution is 5.97. The molecule has 0 aromatic heterocycles. The number of aryl methyl sites for hydroxylation is 1. The van der Waals surface area contributed by atoms with E-state index >= 15 is 0 Å². The summed E-state index contributed by atoms with van der Waals surface area (Å²) in [6.07, 6.45) is -1.04. The molecule has 1 N–H and O–H groups in total. The second-order valence-electron chi connectivity index (χ2n) is 6.94. The molecule has 1 atom stereocenters. The highest BCUT2D eigenvalue weighted by Crippen LogP contribution is 2.21. The van der Waals surface area contributed by atoms with Crippen LogP contribution in [0.25, 0.3) is 0 Å².